The average molecular weight is 436 g/mol. The van der Waals surface area contributed by atoms with Crippen molar-refractivity contribution in [3.8, 4) is 0 Å². The molecule has 0 aliphatic carbocycles. The third-order valence-corrected chi connectivity index (χ3v) is 5.56. The van der Waals surface area contributed by atoms with Gasteiger partial charge in [0.25, 0.3) is 5.56 Å². The van der Waals surface area contributed by atoms with Gasteiger partial charge in [-0.05, 0) is 49.2 Å². The van der Waals surface area contributed by atoms with Gasteiger partial charge in [-0.1, -0.05) is 24.3 Å². The number of amides is 1. The van der Waals surface area contributed by atoms with Crippen molar-refractivity contribution in [3.05, 3.63) is 99.2 Å². The van der Waals surface area contributed by atoms with Crippen LogP contribution < -0.4 is 10.9 Å². The summed E-state index contributed by atoms with van der Waals surface area (Å²) in [6, 6.07) is 12.0. The predicted molar refractivity (Wildman–Crippen MR) is 117 cm³/mol. The van der Waals surface area contributed by atoms with Crippen LogP contribution in [0.25, 0.3) is 10.8 Å². The smallest absolute Gasteiger partial charge is 0.276 e. The van der Waals surface area contributed by atoms with E-state index in [2.05, 4.69) is 10.4 Å². The summed E-state index contributed by atoms with van der Waals surface area (Å²) >= 11 is 0. The molecule has 6 nitrogen and oxygen atoms in total. The molecule has 0 spiro atoms. The molecule has 0 radical (unpaired) electrons. The molecule has 0 aliphatic heterocycles. The number of rotatable bonds is 6. The molecule has 0 atom stereocenters. The lowest BCUT2D eigenvalue weighted by Crippen LogP contribution is -2.33. The van der Waals surface area contributed by atoms with Crippen molar-refractivity contribution >= 4 is 16.7 Å². The minimum atomic E-state index is -0.372. The molecule has 1 amide bonds. The molecule has 32 heavy (non-hydrogen) atoms. The summed E-state index contributed by atoms with van der Waals surface area (Å²) in [6.07, 6.45) is 1.59. The molecule has 0 aliphatic rings. The number of halogens is 2. The van der Waals surface area contributed by atoms with Crippen LogP contribution in [0, 0.1) is 25.5 Å². The first-order valence-electron chi connectivity index (χ1n) is 10.1. The van der Waals surface area contributed by atoms with Crippen LogP contribution in [0.5, 0.6) is 0 Å². The Morgan fingerprint density at radius 3 is 2.16 bits per heavy atom. The topological polar surface area (TPSA) is 68.9 Å². The number of hydrogen-bond acceptors (Lipinski definition) is 3. The molecule has 2 aromatic carbocycles. The molecule has 1 N–H and O–H groups in total. The Morgan fingerprint density at radius 1 is 0.938 bits per heavy atom. The largest absolute Gasteiger partial charge is 0.350 e. The maximum Gasteiger partial charge on any atom is 0.276 e. The minimum Gasteiger partial charge on any atom is -0.350 e. The highest BCUT2D eigenvalue weighted by Gasteiger charge is 2.17. The summed E-state index contributed by atoms with van der Waals surface area (Å²) in [7, 11) is 0. The predicted octanol–water partition coefficient (Wildman–Crippen LogP) is 3.46. The number of nitrogens with zero attached hydrogens (tertiary/aromatic N) is 3. The zero-order chi connectivity index (χ0) is 22.8. The Bertz CT molecular complexity index is 1340. The summed E-state index contributed by atoms with van der Waals surface area (Å²) in [5.74, 6) is -1.02. The van der Waals surface area contributed by atoms with Crippen molar-refractivity contribution in [1.82, 2.24) is 19.7 Å². The van der Waals surface area contributed by atoms with E-state index >= 15 is 0 Å². The molecular formula is C24H22F2N4O2. The Labute approximate surface area is 183 Å². The number of carbonyl (C=O) groups is 1. The molecule has 4 rings (SSSR count). The Kier molecular flexibility index (Phi) is 5.85. The van der Waals surface area contributed by atoms with Crippen LogP contribution in [0.15, 0.2) is 59.5 Å². The molecule has 0 saturated heterocycles. The maximum atomic E-state index is 13.2. The second-order valence-corrected chi connectivity index (χ2v) is 7.68. The molecule has 2 heterocycles. The molecule has 4 aromatic rings. The molecular weight excluding hydrogens is 414 g/mol. The number of hydrogen-bond donors (Lipinski definition) is 1. The lowest BCUT2D eigenvalue weighted by molar-refractivity contribution is -0.122. The van der Waals surface area contributed by atoms with Gasteiger partial charge < -0.3 is 9.88 Å². The zero-order valence-electron chi connectivity index (χ0n) is 17.7. The van der Waals surface area contributed by atoms with E-state index < -0.39 is 0 Å². The number of nitrogens with one attached hydrogen (secondary N) is 1. The van der Waals surface area contributed by atoms with Gasteiger partial charge in [0, 0.05) is 29.9 Å². The summed E-state index contributed by atoms with van der Waals surface area (Å²) in [4.78, 5) is 25.4. The number of aromatic nitrogens is 3. The van der Waals surface area contributed by atoms with Crippen molar-refractivity contribution in [1.29, 1.82) is 0 Å². The lowest BCUT2D eigenvalue weighted by Gasteiger charge is -2.09. The first kappa shape index (κ1) is 21.4. The van der Waals surface area contributed by atoms with Crippen molar-refractivity contribution in [2.24, 2.45) is 0 Å². The Hall–Kier alpha value is -3.81. The van der Waals surface area contributed by atoms with Gasteiger partial charge in [0.15, 0.2) is 0 Å². The number of carbonyl (C=O) groups excluding carboxylic acids is 1. The van der Waals surface area contributed by atoms with Crippen LogP contribution in [0.3, 0.4) is 0 Å². The van der Waals surface area contributed by atoms with Crippen LogP contribution in [0.2, 0.25) is 0 Å². The molecule has 0 unspecified atom stereocenters. The van der Waals surface area contributed by atoms with E-state index in [9.17, 15) is 18.4 Å². The van der Waals surface area contributed by atoms with Crippen LogP contribution >= 0.6 is 0 Å². The molecule has 0 saturated carbocycles. The summed E-state index contributed by atoms with van der Waals surface area (Å²) in [5, 5.41) is 8.12. The van der Waals surface area contributed by atoms with E-state index in [1.165, 1.54) is 24.3 Å². The monoisotopic (exact) mass is 436 g/mol. The number of fused-ring (bicyclic) bond motifs is 1. The van der Waals surface area contributed by atoms with E-state index in [0.717, 1.165) is 32.6 Å². The van der Waals surface area contributed by atoms with E-state index in [1.807, 2.05) is 18.4 Å². The SMILES string of the molecule is Cc1c2cnn(CC(=O)NCc3ccc(F)cc3)c(=O)c2c(C)n1Cc1ccc(F)cc1. The van der Waals surface area contributed by atoms with Crippen molar-refractivity contribution < 1.29 is 13.6 Å². The van der Waals surface area contributed by atoms with Gasteiger partial charge in [0.2, 0.25) is 5.91 Å². The fourth-order valence-corrected chi connectivity index (χ4v) is 3.76. The van der Waals surface area contributed by atoms with Gasteiger partial charge in [-0.15, -0.1) is 0 Å². The normalized spacial score (nSPS) is 11.1. The summed E-state index contributed by atoms with van der Waals surface area (Å²) in [6.45, 7) is 4.24. The quantitative estimate of drug-likeness (QED) is 0.503. The average Bonchev–Trinajstić information content (AvgIpc) is 3.02. The standard InChI is InChI=1S/C24H22F2N4O2/c1-15-21-12-28-30(14-22(31)27-11-17-3-7-19(25)8-4-17)24(32)23(21)16(2)29(15)13-18-5-9-20(26)10-6-18/h3-10,12H,11,13-14H2,1-2H3,(H,27,31). The van der Waals surface area contributed by atoms with Crippen LogP contribution in [-0.4, -0.2) is 20.3 Å². The molecule has 0 bridgehead atoms. The van der Waals surface area contributed by atoms with Crippen molar-refractivity contribution in [3.63, 3.8) is 0 Å². The zero-order valence-corrected chi connectivity index (χ0v) is 17.7. The van der Waals surface area contributed by atoms with Gasteiger partial charge in [0.05, 0.1) is 11.6 Å². The summed E-state index contributed by atoms with van der Waals surface area (Å²) < 4.78 is 29.3. The second kappa shape index (κ2) is 8.74. The van der Waals surface area contributed by atoms with Crippen LogP contribution in [0.1, 0.15) is 22.5 Å². The highest BCUT2D eigenvalue weighted by atomic mass is 19.1. The van der Waals surface area contributed by atoms with Crippen LogP contribution in [-0.2, 0) is 24.4 Å². The van der Waals surface area contributed by atoms with Crippen molar-refractivity contribution in [2.45, 2.75) is 33.5 Å². The molecule has 164 valence electrons. The fourth-order valence-electron chi connectivity index (χ4n) is 3.76. The molecule has 8 heteroatoms. The molecule has 0 fully saturated rings. The highest BCUT2D eigenvalue weighted by molar-refractivity contribution is 5.87. The number of aryl methyl sites for hydroxylation is 2. The Morgan fingerprint density at radius 2 is 1.53 bits per heavy atom. The van der Waals surface area contributed by atoms with E-state index in [0.29, 0.717) is 11.9 Å². The highest BCUT2D eigenvalue weighted by Crippen LogP contribution is 2.23. The lowest BCUT2D eigenvalue weighted by atomic mass is 10.2. The first-order valence-corrected chi connectivity index (χ1v) is 10.1. The second-order valence-electron chi connectivity index (χ2n) is 7.68. The first-order chi connectivity index (χ1) is 15.3. The van der Waals surface area contributed by atoms with Gasteiger partial charge in [-0.25, -0.2) is 13.5 Å². The van der Waals surface area contributed by atoms with Gasteiger partial charge in [0.1, 0.15) is 18.2 Å². The summed E-state index contributed by atoms with van der Waals surface area (Å²) in [5.41, 5.74) is 2.94. The molecule has 2 aromatic heterocycles. The van der Waals surface area contributed by atoms with Crippen molar-refractivity contribution in [2.75, 3.05) is 0 Å². The Balaban J connectivity index is 1.56. The third kappa shape index (κ3) is 4.30. The third-order valence-electron chi connectivity index (χ3n) is 5.56. The number of benzene rings is 2. The van der Waals surface area contributed by atoms with E-state index in [-0.39, 0.29) is 36.2 Å². The fraction of sp³-hybridized carbons (Fsp3) is 0.208. The van der Waals surface area contributed by atoms with E-state index in [4.69, 9.17) is 0 Å². The minimum absolute atomic E-state index is 0.224. The maximum absolute atomic E-state index is 13.2. The van der Waals surface area contributed by atoms with Gasteiger partial charge in [-0.2, -0.15) is 5.10 Å². The van der Waals surface area contributed by atoms with E-state index in [1.54, 1.807) is 30.5 Å². The van der Waals surface area contributed by atoms with Crippen LogP contribution in [0.4, 0.5) is 8.78 Å². The van der Waals surface area contributed by atoms with Gasteiger partial charge >= 0.3 is 0 Å². The van der Waals surface area contributed by atoms with Gasteiger partial charge in [-0.3, -0.25) is 9.59 Å².